The second kappa shape index (κ2) is 6.10. The van der Waals surface area contributed by atoms with Gasteiger partial charge in [0.15, 0.2) is 5.13 Å². The summed E-state index contributed by atoms with van der Waals surface area (Å²) in [5, 5.41) is 5.71. The quantitative estimate of drug-likeness (QED) is 0.779. The third kappa shape index (κ3) is 2.76. The molecule has 3 heterocycles. The van der Waals surface area contributed by atoms with E-state index in [0.717, 1.165) is 29.7 Å². The maximum Gasteiger partial charge on any atom is 0.262 e. The van der Waals surface area contributed by atoms with Crippen molar-refractivity contribution in [3.05, 3.63) is 38.7 Å². The number of hydrogen-bond donors (Lipinski definition) is 1. The van der Waals surface area contributed by atoms with Crippen LogP contribution in [-0.2, 0) is 24.2 Å². The number of nitrogens with zero attached hydrogens (tertiary/aromatic N) is 3. The topological polar surface area (TPSA) is 76.9 Å². The number of carbonyl (C=O) groups excluding carboxylic acids is 1. The summed E-state index contributed by atoms with van der Waals surface area (Å²) in [6, 6.07) is 0. The zero-order chi connectivity index (χ0) is 16.7. The number of amides is 1. The lowest BCUT2D eigenvalue weighted by molar-refractivity contribution is -0.116. The van der Waals surface area contributed by atoms with E-state index < -0.39 is 0 Å². The minimum atomic E-state index is -0.272. The fourth-order valence-corrected chi connectivity index (χ4v) is 4.96. The summed E-state index contributed by atoms with van der Waals surface area (Å²) in [4.78, 5) is 35.4. The van der Waals surface area contributed by atoms with Crippen LogP contribution < -0.4 is 10.9 Å². The molecule has 3 aromatic heterocycles. The molecule has 0 aliphatic heterocycles. The molecule has 24 heavy (non-hydrogen) atoms. The van der Waals surface area contributed by atoms with Crippen molar-refractivity contribution >= 4 is 43.9 Å². The number of nitrogens with one attached hydrogen (secondary N) is 1. The molecule has 0 spiro atoms. The van der Waals surface area contributed by atoms with Crippen molar-refractivity contribution in [2.75, 3.05) is 5.32 Å². The lowest BCUT2D eigenvalue weighted by Crippen LogP contribution is -2.28. The predicted molar refractivity (Wildman–Crippen MR) is 95.8 cm³/mol. The Hall–Kier alpha value is -2.06. The van der Waals surface area contributed by atoms with Crippen LogP contribution in [0.3, 0.4) is 0 Å². The molecule has 1 atom stereocenters. The van der Waals surface area contributed by atoms with Crippen molar-refractivity contribution in [2.45, 2.75) is 32.7 Å². The number of thiazole rings is 1. The van der Waals surface area contributed by atoms with Crippen LogP contribution in [-0.4, -0.2) is 20.4 Å². The number of fused-ring (bicyclic) bond motifs is 3. The van der Waals surface area contributed by atoms with E-state index in [9.17, 15) is 9.59 Å². The molecule has 1 aliphatic rings. The highest BCUT2D eigenvalue weighted by Gasteiger charge is 2.23. The van der Waals surface area contributed by atoms with Gasteiger partial charge in [0.25, 0.3) is 5.56 Å². The second-order valence-electron chi connectivity index (χ2n) is 6.09. The van der Waals surface area contributed by atoms with Gasteiger partial charge in [-0.25, -0.2) is 9.97 Å². The van der Waals surface area contributed by atoms with Gasteiger partial charge in [-0.1, -0.05) is 6.92 Å². The van der Waals surface area contributed by atoms with Gasteiger partial charge in [0.2, 0.25) is 5.91 Å². The van der Waals surface area contributed by atoms with E-state index in [1.165, 1.54) is 27.1 Å². The van der Waals surface area contributed by atoms with Crippen molar-refractivity contribution in [1.82, 2.24) is 14.5 Å². The molecule has 1 amide bonds. The van der Waals surface area contributed by atoms with Gasteiger partial charge in [-0.3, -0.25) is 14.2 Å². The Kier molecular flexibility index (Phi) is 3.93. The van der Waals surface area contributed by atoms with Crippen molar-refractivity contribution in [3.8, 4) is 0 Å². The van der Waals surface area contributed by atoms with Gasteiger partial charge in [0.05, 0.1) is 11.7 Å². The van der Waals surface area contributed by atoms with E-state index in [0.29, 0.717) is 16.4 Å². The Morgan fingerprint density at radius 1 is 1.46 bits per heavy atom. The van der Waals surface area contributed by atoms with Crippen LogP contribution in [0.4, 0.5) is 5.13 Å². The molecule has 0 fully saturated rings. The normalized spacial score (nSPS) is 17.0. The Labute approximate surface area is 146 Å². The first-order chi connectivity index (χ1) is 11.6. The highest BCUT2D eigenvalue weighted by atomic mass is 32.1. The summed E-state index contributed by atoms with van der Waals surface area (Å²) in [5.74, 6) is 0.378. The molecule has 124 valence electrons. The number of aromatic nitrogens is 3. The van der Waals surface area contributed by atoms with Crippen LogP contribution in [0.5, 0.6) is 0 Å². The molecule has 0 saturated carbocycles. The molecule has 1 N–H and O–H groups in total. The van der Waals surface area contributed by atoms with Gasteiger partial charge in [0, 0.05) is 16.5 Å². The van der Waals surface area contributed by atoms with E-state index in [2.05, 4.69) is 22.2 Å². The summed E-state index contributed by atoms with van der Waals surface area (Å²) in [5.41, 5.74) is 1.02. The predicted octanol–water partition coefficient (Wildman–Crippen LogP) is 2.68. The third-order valence-corrected chi connectivity index (χ3v) is 6.13. The monoisotopic (exact) mass is 360 g/mol. The molecular formula is C16H16N4O2S2. The summed E-state index contributed by atoms with van der Waals surface area (Å²) in [6.45, 7) is 2.18. The molecule has 4 rings (SSSR count). The molecule has 0 saturated heterocycles. The van der Waals surface area contributed by atoms with Crippen LogP contribution in [0.25, 0.3) is 10.2 Å². The lowest BCUT2D eigenvalue weighted by atomic mass is 9.89. The largest absolute Gasteiger partial charge is 0.300 e. The first kappa shape index (κ1) is 15.5. The van der Waals surface area contributed by atoms with Gasteiger partial charge in [-0.05, 0) is 30.7 Å². The molecule has 0 radical (unpaired) electrons. The van der Waals surface area contributed by atoms with E-state index in [1.54, 1.807) is 22.9 Å². The van der Waals surface area contributed by atoms with E-state index >= 15 is 0 Å². The minimum Gasteiger partial charge on any atom is -0.300 e. The average molecular weight is 360 g/mol. The summed E-state index contributed by atoms with van der Waals surface area (Å²) in [7, 11) is 0. The fourth-order valence-electron chi connectivity index (χ4n) is 3.08. The maximum atomic E-state index is 12.8. The fraction of sp³-hybridized carbons (Fsp3) is 0.375. The average Bonchev–Trinajstić information content (AvgIpc) is 3.16. The summed E-state index contributed by atoms with van der Waals surface area (Å²) < 4.78 is 1.39. The minimum absolute atomic E-state index is 0.0532. The van der Waals surface area contributed by atoms with Crippen molar-refractivity contribution < 1.29 is 4.79 Å². The van der Waals surface area contributed by atoms with Crippen LogP contribution in [0.15, 0.2) is 22.7 Å². The molecule has 8 heteroatoms. The molecule has 3 aromatic rings. The number of anilines is 1. The standard InChI is InChI=1S/C16H16N4O2S2/c1-9-2-3-10-11(6-9)24-14-13(10)15(22)20(8-18-14)7-12(21)19-16-17-4-5-23-16/h4-5,8-9H,2-3,6-7H2,1H3,(H,17,19,21). The van der Waals surface area contributed by atoms with Crippen molar-refractivity contribution in [3.63, 3.8) is 0 Å². The first-order valence-electron chi connectivity index (χ1n) is 7.81. The lowest BCUT2D eigenvalue weighted by Gasteiger charge is -2.17. The molecule has 0 bridgehead atoms. The maximum absolute atomic E-state index is 12.8. The van der Waals surface area contributed by atoms with Crippen LogP contribution in [0.2, 0.25) is 0 Å². The van der Waals surface area contributed by atoms with E-state index in [-0.39, 0.29) is 18.0 Å². The summed E-state index contributed by atoms with van der Waals surface area (Å²) in [6.07, 6.45) is 6.12. The number of rotatable bonds is 3. The zero-order valence-corrected chi connectivity index (χ0v) is 14.7. The van der Waals surface area contributed by atoms with Crippen molar-refractivity contribution in [1.29, 1.82) is 0 Å². The van der Waals surface area contributed by atoms with Crippen LogP contribution in [0.1, 0.15) is 23.8 Å². The molecule has 0 aromatic carbocycles. The third-order valence-electron chi connectivity index (χ3n) is 4.27. The molecular weight excluding hydrogens is 344 g/mol. The number of thiophene rings is 1. The smallest absolute Gasteiger partial charge is 0.262 e. The molecule has 1 unspecified atom stereocenters. The molecule has 6 nitrogen and oxygen atoms in total. The van der Waals surface area contributed by atoms with E-state index in [4.69, 9.17) is 0 Å². The number of aryl methyl sites for hydroxylation is 1. The van der Waals surface area contributed by atoms with Gasteiger partial charge >= 0.3 is 0 Å². The Morgan fingerprint density at radius 3 is 3.12 bits per heavy atom. The Bertz CT molecular complexity index is 959. The van der Waals surface area contributed by atoms with Gasteiger partial charge in [-0.2, -0.15) is 0 Å². The van der Waals surface area contributed by atoms with Crippen molar-refractivity contribution in [2.24, 2.45) is 5.92 Å². The van der Waals surface area contributed by atoms with Crippen LogP contribution >= 0.6 is 22.7 Å². The van der Waals surface area contributed by atoms with E-state index in [1.807, 2.05) is 0 Å². The molecule has 1 aliphatic carbocycles. The zero-order valence-electron chi connectivity index (χ0n) is 13.1. The van der Waals surface area contributed by atoms with Gasteiger partial charge < -0.3 is 5.32 Å². The Morgan fingerprint density at radius 2 is 2.33 bits per heavy atom. The van der Waals surface area contributed by atoms with Gasteiger partial charge in [-0.15, -0.1) is 22.7 Å². The highest BCUT2D eigenvalue weighted by molar-refractivity contribution is 7.18. The summed E-state index contributed by atoms with van der Waals surface area (Å²) >= 11 is 2.96. The Balaban J connectivity index is 1.66. The first-order valence-corrected chi connectivity index (χ1v) is 9.50. The number of carbonyl (C=O) groups is 1. The number of hydrogen-bond acceptors (Lipinski definition) is 6. The highest BCUT2D eigenvalue weighted by Crippen LogP contribution is 2.35. The van der Waals surface area contributed by atoms with Crippen LogP contribution in [0, 0.1) is 5.92 Å². The SMILES string of the molecule is CC1CCc2c(sc3ncn(CC(=O)Nc4nccs4)c(=O)c23)C1. The second-order valence-corrected chi connectivity index (χ2v) is 8.07. The van der Waals surface area contributed by atoms with Gasteiger partial charge in [0.1, 0.15) is 11.4 Å².